The minimum atomic E-state index is -4.73. The van der Waals surface area contributed by atoms with E-state index in [2.05, 4.69) is 21.6 Å². The van der Waals surface area contributed by atoms with Crippen molar-refractivity contribution >= 4 is 17.4 Å². The Balaban J connectivity index is 2.41. The van der Waals surface area contributed by atoms with Crippen LogP contribution in [0.3, 0.4) is 0 Å². The van der Waals surface area contributed by atoms with Gasteiger partial charge in [0.15, 0.2) is 0 Å². The Morgan fingerprint density at radius 2 is 1.85 bits per heavy atom. The molecule has 0 radical (unpaired) electrons. The van der Waals surface area contributed by atoms with Crippen molar-refractivity contribution in [2.24, 2.45) is 0 Å². The third kappa shape index (κ3) is 5.11. The van der Waals surface area contributed by atoms with E-state index in [-0.39, 0.29) is 11.0 Å². The van der Waals surface area contributed by atoms with Crippen molar-refractivity contribution in [1.29, 1.82) is 0 Å². The lowest BCUT2D eigenvalue weighted by Crippen LogP contribution is -2.17. The third-order valence-corrected chi connectivity index (χ3v) is 3.93. The van der Waals surface area contributed by atoms with Gasteiger partial charge in [0, 0.05) is 24.4 Å². The molecule has 2 rings (SSSR count). The summed E-state index contributed by atoms with van der Waals surface area (Å²) in [5, 5.41) is 0.0608. The fourth-order valence-corrected chi connectivity index (χ4v) is 2.56. The van der Waals surface area contributed by atoms with E-state index in [1.54, 1.807) is 0 Å². The SMILES string of the molecule is CC/C(C)=C/N(C)c1nc(Cl)nc(-c2ccc(OC(F)(F)F)cc2)c1C. The lowest BCUT2D eigenvalue weighted by molar-refractivity contribution is -0.274. The van der Waals surface area contributed by atoms with Crippen LogP contribution in [0.2, 0.25) is 5.28 Å². The molecule has 0 spiro atoms. The van der Waals surface area contributed by atoms with Gasteiger partial charge >= 0.3 is 6.36 Å². The van der Waals surface area contributed by atoms with Crippen molar-refractivity contribution < 1.29 is 17.9 Å². The van der Waals surface area contributed by atoms with Gasteiger partial charge in [0.1, 0.15) is 11.6 Å². The van der Waals surface area contributed by atoms with E-state index in [4.69, 9.17) is 11.6 Å². The second kappa shape index (κ2) is 7.95. The van der Waals surface area contributed by atoms with Gasteiger partial charge in [-0.25, -0.2) is 4.98 Å². The molecule has 8 heteroatoms. The quantitative estimate of drug-likeness (QED) is 0.614. The minimum Gasteiger partial charge on any atom is -0.406 e. The minimum absolute atomic E-state index is 0.0608. The molecule has 4 nitrogen and oxygen atoms in total. The third-order valence-electron chi connectivity index (χ3n) is 3.76. The molecule has 0 fully saturated rings. The average Bonchev–Trinajstić information content (AvgIpc) is 2.55. The lowest BCUT2D eigenvalue weighted by atomic mass is 10.1. The molecule has 0 saturated carbocycles. The normalized spacial score (nSPS) is 12.2. The molecule has 26 heavy (non-hydrogen) atoms. The molecule has 140 valence electrons. The van der Waals surface area contributed by atoms with E-state index >= 15 is 0 Å². The highest BCUT2D eigenvalue weighted by Gasteiger charge is 2.31. The summed E-state index contributed by atoms with van der Waals surface area (Å²) in [5.74, 6) is 0.335. The van der Waals surface area contributed by atoms with Crippen molar-refractivity contribution in [3.63, 3.8) is 0 Å². The van der Waals surface area contributed by atoms with Crippen LogP contribution in [-0.4, -0.2) is 23.4 Å². The monoisotopic (exact) mass is 385 g/mol. The van der Waals surface area contributed by atoms with E-state index in [1.807, 2.05) is 32.0 Å². The standard InChI is InChI=1S/C18H19ClF3N3O/c1-5-11(2)10-25(4)16-12(3)15(23-17(19)24-16)13-6-8-14(9-7-13)26-18(20,21)22/h6-10H,5H2,1-4H3/b11-10+. The maximum absolute atomic E-state index is 12.3. The second-order valence-corrected chi connectivity index (χ2v) is 6.14. The average molecular weight is 386 g/mol. The number of aromatic nitrogens is 2. The van der Waals surface area contributed by atoms with Gasteiger partial charge in [-0.05, 0) is 56.1 Å². The molecule has 0 bridgehead atoms. The molecule has 0 amide bonds. The van der Waals surface area contributed by atoms with Gasteiger partial charge in [0.25, 0.3) is 0 Å². The molecule has 1 aromatic heterocycles. The van der Waals surface area contributed by atoms with Gasteiger partial charge < -0.3 is 9.64 Å². The Morgan fingerprint density at radius 1 is 1.23 bits per heavy atom. The van der Waals surface area contributed by atoms with Crippen LogP contribution in [0.4, 0.5) is 19.0 Å². The van der Waals surface area contributed by atoms with Crippen molar-refractivity contribution in [3.8, 4) is 17.0 Å². The first-order valence-corrected chi connectivity index (χ1v) is 8.29. The molecular formula is C18H19ClF3N3O. The largest absolute Gasteiger partial charge is 0.573 e. The molecular weight excluding hydrogens is 367 g/mol. The zero-order valence-corrected chi connectivity index (χ0v) is 15.6. The summed E-state index contributed by atoms with van der Waals surface area (Å²) in [4.78, 5) is 10.4. The summed E-state index contributed by atoms with van der Waals surface area (Å²) in [5.41, 5.74) is 3.10. The summed E-state index contributed by atoms with van der Waals surface area (Å²) in [7, 11) is 1.86. The maximum atomic E-state index is 12.3. The first kappa shape index (κ1) is 20.0. The van der Waals surface area contributed by atoms with Crippen LogP contribution in [0.25, 0.3) is 11.3 Å². The fraction of sp³-hybridized carbons (Fsp3) is 0.333. The van der Waals surface area contributed by atoms with E-state index in [1.165, 1.54) is 24.3 Å². The summed E-state index contributed by atoms with van der Waals surface area (Å²) in [6.45, 7) is 5.90. The number of rotatable bonds is 5. The Kier molecular flexibility index (Phi) is 6.13. The van der Waals surface area contributed by atoms with Crippen molar-refractivity contribution in [2.75, 3.05) is 11.9 Å². The predicted octanol–water partition coefficient (Wildman–Crippen LogP) is 5.75. The topological polar surface area (TPSA) is 38.2 Å². The highest BCUT2D eigenvalue weighted by Crippen LogP contribution is 2.31. The number of benzene rings is 1. The number of alkyl halides is 3. The molecule has 0 atom stereocenters. The van der Waals surface area contributed by atoms with Crippen LogP contribution in [0.15, 0.2) is 36.0 Å². The van der Waals surface area contributed by atoms with E-state index in [9.17, 15) is 13.2 Å². The number of hydrogen-bond donors (Lipinski definition) is 0. The number of nitrogens with zero attached hydrogens (tertiary/aromatic N) is 3. The number of anilines is 1. The Hall–Kier alpha value is -2.28. The summed E-state index contributed by atoms with van der Waals surface area (Å²) in [6, 6.07) is 5.49. The molecule has 0 aliphatic carbocycles. The van der Waals surface area contributed by atoms with Gasteiger partial charge in [-0.15, -0.1) is 13.2 Å². The summed E-state index contributed by atoms with van der Waals surface area (Å²) >= 11 is 6.06. The molecule has 0 N–H and O–H groups in total. The number of allylic oxidation sites excluding steroid dienone is 1. The molecule has 0 saturated heterocycles. The maximum Gasteiger partial charge on any atom is 0.573 e. The van der Waals surface area contributed by atoms with E-state index < -0.39 is 6.36 Å². The number of halogens is 4. The predicted molar refractivity (Wildman–Crippen MR) is 96.3 cm³/mol. The van der Waals surface area contributed by atoms with Crippen LogP contribution < -0.4 is 9.64 Å². The molecule has 1 heterocycles. The highest BCUT2D eigenvalue weighted by molar-refractivity contribution is 6.28. The smallest absolute Gasteiger partial charge is 0.406 e. The van der Waals surface area contributed by atoms with Crippen LogP contribution in [0, 0.1) is 6.92 Å². The molecule has 0 aliphatic heterocycles. The lowest BCUT2D eigenvalue weighted by Gasteiger charge is -2.19. The summed E-state index contributed by atoms with van der Waals surface area (Å²) in [6.07, 6.45) is -1.87. The molecule has 0 aliphatic rings. The first-order valence-electron chi connectivity index (χ1n) is 7.91. The van der Waals surface area contributed by atoms with Crippen LogP contribution in [-0.2, 0) is 0 Å². The van der Waals surface area contributed by atoms with E-state index in [0.29, 0.717) is 17.1 Å². The van der Waals surface area contributed by atoms with Gasteiger partial charge in [-0.1, -0.05) is 12.5 Å². The molecule has 1 aromatic carbocycles. The van der Waals surface area contributed by atoms with Crippen LogP contribution >= 0.6 is 11.6 Å². The van der Waals surface area contributed by atoms with Crippen molar-refractivity contribution in [1.82, 2.24) is 9.97 Å². The van der Waals surface area contributed by atoms with Crippen LogP contribution in [0.5, 0.6) is 5.75 Å². The van der Waals surface area contributed by atoms with Crippen molar-refractivity contribution in [2.45, 2.75) is 33.6 Å². The van der Waals surface area contributed by atoms with Gasteiger partial charge in [-0.3, -0.25) is 0 Å². The molecule has 0 unspecified atom stereocenters. The second-order valence-electron chi connectivity index (χ2n) is 5.80. The zero-order chi connectivity index (χ0) is 19.5. The van der Waals surface area contributed by atoms with Gasteiger partial charge in [0.05, 0.1) is 5.69 Å². The highest BCUT2D eigenvalue weighted by atomic mass is 35.5. The number of ether oxygens (including phenoxy) is 1. The summed E-state index contributed by atoms with van der Waals surface area (Å²) < 4.78 is 40.7. The van der Waals surface area contributed by atoms with E-state index in [0.717, 1.165) is 17.6 Å². The zero-order valence-electron chi connectivity index (χ0n) is 14.9. The van der Waals surface area contributed by atoms with Crippen molar-refractivity contribution in [3.05, 3.63) is 46.9 Å². The Morgan fingerprint density at radius 3 is 2.38 bits per heavy atom. The first-order chi connectivity index (χ1) is 12.1. The fourth-order valence-electron chi connectivity index (χ4n) is 2.40. The van der Waals surface area contributed by atoms with Gasteiger partial charge in [-0.2, -0.15) is 4.98 Å². The van der Waals surface area contributed by atoms with Crippen LogP contribution in [0.1, 0.15) is 25.8 Å². The van der Waals surface area contributed by atoms with Gasteiger partial charge in [0.2, 0.25) is 5.28 Å². The number of hydrogen-bond acceptors (Lipinski definition) is 4. The molecule has 2 aromatic rings. The Labute approximate surface area is 155 Å². The Bertz CT molecular complexity index is 805.